The van der Waals surface area contributed by atoms with Gasteiger partial charge in [0.2, 0.25) is 5.82 Å². The first-order chi connectivity index (χ1) is 13.3. The summed E-state index contributed by atoms with van der Waals surface area (Å²) in [6.07, 6.45) is 0.483. The highest BCUT2D eigenvalue weighted by Gasteiger charge is 2.35. The molecule has 28 heavy (non-hydrogen) atoms. The van der Waals surface area contributed by atoms with Gasteiger partial charge in [-0.3, -0.25) is 14.9 Å². The fourth-order valence-corrected chi connectivity index (χ4v) is 3.19. The number of carbonyl (C=O) groups excluding carboxylic acids is 1. The fraction of sp³-hybridized carbons (Fsp3) is 0.533. The van der Waals surface area contributed by atoms with Gasteiger partial charge in [-0.1, -0.05) is 11.8 Å². The highest BCUT2D eigenvalue weighted by Crippen LogP contribution is 2.33. The maximum absolute atomic E-state index is 11.7. The SMILES string of the molecule is CSc1nc(COC(C)=O)c([N+](=O)[O-])c(N2CCN(C(=O)O)[C@@H](CC#N)C2)n1. The van der Waals surface area contributed by atoms with E-state index in [9.17, 15) is 24.8 Å². The summed E-state index contributed by atoms with van der Waals surface area (Å²) in [7, 11) is 0. The number of ether oxygens (including phenoxy) is 1. The Morgan fingerprint density at radius 2 is 2.18 bits per heavy atom. The Bertz CT molecular complexity index is 828. The Labute approximate surface area is 164 Å². The number of hydrogen-bond donors (Lipinski definition) is 1. The van der Waals surface area contributed by atoms with Crippen LogP contribution in [-0.4, -0.2) is 68.9 Å². The van der Waals surface area contributed by atoms with Crippen LogP contribution >= 0.6 is 11.8 Å². The number of rotatable bonds is 6. The van der Waals surface area contributed by atoms with Gasteiger partial charge in [-0.25, -0.2) is 9.78 Å². The van der Waals surface area contributed by atoms with Gasteiger partial charge in [0.15, 0.2) is 10.9 Å². The number of carboxylic acid groups (broad SMARTS) is 1. The zero-order valence-electron chi connectivity index (χ0n) is 15.2. The Morgan fingerprint density at radius 1 is 1.46 bits per heavy atom. The summed E-state index contributed by atoms with van der Waals surface area (Å²) in [6, 6.07) is 1.29. The van der Waals surface area contributed by atoms with Crippen LogP contribution in [0.2, 0.25) is 0 Å². The van der Waals surface area contributed by atoms with Crippen LogP contribution in [0.25, 0.3) is 0 Å². The molecule has 1 fully saturated rings. The predicted molar refractivity (Wildman–Crippen MR) is 96.9 cm³/mol. The Kier molecular flexibility index (Phi) is 6.94. The van der Waals surface area contributed by atoms with Crippen molar-refractivity contribution in [2.75, 3.05) is 30.8 Å². The number of thioether (sulfide) groups is 1. The summed E-state index contributed by atoms with van der Waals surface area (Å²) < 4.78 is 4.88. The zero-order chi connectivity index (χ0) is 20.8. The lowest BCUT2D eigenvalue weighted by Crippen LogP contribution is -2.55. The monoisotopic (exact) mass is 410 g/mol. The molecule has 1 amide bonds. The first kappa shape index (κ1) is 21.2. The van der Waals surface area contributed by atoms with Crippen LogP contribution < -0.4 is 4.90 Å². The van der Waals surface area contributed by atoms with E-state index in [2.05, 4.69) is 9.97 Å². The van der Waals surface area contributed by atoms with Gasteiger partial charge in [-0.05, 0) is 6.26 Å². The summed E-state index contributed by atoms with van der Waals surface area (Å²) >= 11 is 1.16. The first-order valence-electron chi connectivity index (χ1n) is 8.12. The molecule has 1 N–H and O–H groups in total. The van der Waals surface area contributed by atoms with Gasteiger partial charge in [0.25, 0.3) is 0 Å². The fourth-order valence-electron chi connectivity index (χ4n) is 2.81. The predicted octanol–water partition coefficient (Wildman–Crippen LogP) is 1.25. The van der Waals surface area contributed by atoms with Crippen molar-refractivity contribution in [3.8, 4) is 6.07 Å². The summed E-state index contributed by atoms with van der Waals surface area (Å²) in [5, 5.41) is 30.2. The van der Waals surface area contributed by atoms with E-state index < -0.39 is 28.7 Å². The molecule has 0 spiro atoms. The molecule has 1 aromatic heterocycles. The minimum atomic E-state index is -1.16. The number of nitrogens with zero attached hydrogens (tertiary/aromatic N) is 6. The molecule has 0 saturated carbocycles. The molecule has 0 aromatic carbocycles. The van der Waals surface area contributed by atoms with Crippen molar-refractivity contribution in [3.63, 3.8) is 0 Å². The maximum atomic E-state index is 11.7. The number of nitro groups is 1. The second-order valence-electron chi connectivity index (χ2n) is 5.80. The lowest BCUT2D eigenvalue weighted by atomic mass is 10.1. The largest absolute Gasteiger partial charge is 0.465 e. The average molecular weight is 410 g/mol. The van der Waals surface area contributed by atoms with E-state index in [-0.39, 0.29) is 49.3 Å². The van der Waals surface area contributed by atoms with Gasteiger partial charge in [-0.15, -0.1) is 0 Å². The van der Waals surface area contributed by atoms with E-state index in [4.69, 9.17) is 10.00 Å². The molecule has 0 bridgehead atoms. The standard InChI is InChI=1S/C15H18N6O6S/c1-9(22)27-8-11-12(21(25)26)13(18-14(17-11)28-2)19-5-6-20(15(23)24)10(7-19)3-4-16/h10H,3,5-8H2,1-2H3,(H,23,24)/t10-/m0/s1. The second kappa shape index (κ2) is 9.18. The third kappa shape index (κ3) is 4.77. The van der Waals surface area contributed by atoms with Crippen LogP contribution in [0.1, 0.15) is 19.0 Å². The second-order valence-corrected chi connectivity index (χ2v) is 6.58. The van der Waals surface area contributed by atoms with Crippen LogP contribution in [0.3, 0.4) is 0 Å². The van der Waals surface area contributed by atoms with Gasteiger partial charge in [0, 0.05) is 26.6 Å². The molecule has 1 aliphatic rings. The van der Waals surface area contributed by atoms with E-state index in [1.807, 2.05) is 6.07 Å². The van der Waals surface area contributed by atoms with Crippen molar-refractivity contribution in [2.45, 2.75) is 31.1 Å². The van der Waals surface area contributed by atoms with Crippen molar-refractivity contribution >= 4 is 35.3 Å². The number of anilines is 1. The van der Waals surface area contributed by atoms with Gasteiger partial charge in [-0.2, -0.15) is 10.2 Å². The number of hydrogen-bond acceptors (Lipinski definition) is 10. The Balaban J connectivity index is 2.46. The molecule has 0 aliphatic carbocycles. The quantitative estimate of drug-likeness (QED) is 0.236. The topological polar surface area (TPSA) is 163 Å². The number of aromatic nitrogens is 2. The lowest BCUT2D eigenvalue weighted by molar-refractivity contribution is -0.385. The van der Waals surface area contributed by atoms with Gasteiger partial charge < -0.3 is 19.6 Å². The van der Waals surface area contributed by atoms with Crippen LogP contribution in [0.15, 0.2) is 5.16 Å². The molecule has 150 valence electrons. The van der Waals surface area contributed by atoms with Crippen LogP contribution in [0, 0.1) is 21.4 Å². The summed E-state index contributed by atoms with van der Waals surface area (Å²) in [4.78, 5) is 44.6. The van der Waals surface area contributed by atoms with Crippen molar-refractivity contribution in [3.05, 3.63) is 15.8 Å². The molecule has 1 atom stereocenters. The minimum absolute atomic E-state index is 0.0134. The number of carbonyl (C=O) groups is 2. The number of nitriles is 1. The summed E-state index contributed by atoms with van der Waals surface area (Å²) in [5.74, 6) is -0.594. The molecule has 1 saturated heterocycles. The number of amides is 1. The molecule has 12 nitrogen and oxygen atoms in total. The highest BCUT2D eigenvalue weighted by molar-refractivity contribution is 7.98. The smallest absolute Gasteiger partial charge is 0.407 e. The Hall–Kier alpha value is -3.14. The van der Waals surface area contributed by atoms with E-state index >= 15 is 0 Å². The molecule has 1 aromatic rings. The van der Waals surface area contributed by atoms with Crippen molar-refractivity contribution in [2.24, 2.45) is 0 Å². The molecular weight excluding hydrogens is 392 g/mol. The van der Waals surface area contributed by atoms with E-state index in [0.29, 0.717) is 0 Å². The molecule has 2 heterocycles. The maximum Gasteiger partial charge on any atom is 0.407 e. The third-order valence-corrected chi connectivity index (χ3v) is 4.60. The zero-order valence-corrected chi connectivity index (χ0v) is 16.0. The van der Waals surface area contributed by atoms with E-state index in [0.717, 1.165) is 16.7 Å². The summed E-state index contributed by atoms with van der Waals surface area (Å²) in [6.45, 7) is 1.09. The first-order valence-corrected chi connectivity index (χ1v) is 9.35. The molecule has 0 unspecified atom stereocenters. The average Bonchev–Trinajstić information content (AvgIpc) is 2.65. The lowest BCUT2D eigenvalue weighted by Gasteiger charge is -2.39. The van der Waals surface area contributed by atoms with E-state index in [1.54, 1.807) is 11.2 Å². The van der Waals surface area contributed by atoms with E-state index in [1.165, 1.54) is 6.92 Å². The molecule has 2 rings (SSSR count). The molecule has 1 aliphatic heterocycles. The van der Waals surface area contributed by atoms with Crippen LogP contribution in [0.5, 0.6) is 0 Å². The van der Waals surface area contributed by atoms with Gasteiger partial charge in [0.1, 0.15) is 6.61 Å². The third-order valence-electron chi connectivity index (χ3n) is 4.05. The molecule has 13 heteroatoms. The van der Waals surface area contributed by atoms with Crippen molar-refractivity contribution < 1.29 is 24.4 Å². The summed E-state index contributed by atoms with van der Waals surface area (Å²) in [5.41, 5.74) is -0.453. The van der Waals surface area contributed by atoms with Gasteiger partial charge in [0.05, 0.1) is 23.5 Å². The normalized spacial score (nSPS) is 16.4. The molecular formula is C15H18N6O6S. The number of piperazine rings is 1. The van der Waals surface area contributed by atoms with Gasteiger partial charge >= 0.3 is 17.7 Å². The highest BCUT2D eigenvalue weighted by atomic mass is 32.2. The van der Waals surface area contributed by atoms with Crippen LogP contribution in [0.4, 0.5) is 16.3 Å². The number of esters is 1. The Morgan fingerprint density at radius 3 is 2.71 bits per heavy atom. The molecule has 0 radical (unpaired) electrons. The van der Waals surface area contributed by atoms with Crippen LogP contribution in [-0.2, 0) is 16.1 Å². The van der Waals surface area contributed by atoms with Crippen molar-refractivity contribution in [1.29, 1.82) is 5.26 Å². The minimum Gasteiger partial charge on any atom is -0.465 e. The van der Waals surface area contributed by atoms with Crippen molar-refractivity contribution in [1.82, 2.24) is 14.9 Å².